The first kappa shape index (κ1) is 23.6. The Morgan fingerprint density at radius 1 is 1.16 bits per heavy atom. The van der Waals surface area contributed by atoms with Gasteiger partial charge in [0.1, 0.15) is 5.75 Å². The van der Waals surface area contributed by atoms with Crippen molar-refractivity contribution in [2.24, 2.45) is 0 Å². The molecule has 2 aromatic rings. The van der Waals surface area contributed by atoms with E-state index in [1.165, 1.54) is 13.2 Å². The molecule has 1 heterocycles. The van der Waals surface area contributed by atoms with Crippen molar-refractivity contribution >= 4 is 29.1 Å². The zero-order chi connectivity index (χ0) is 22.2. The van der Waals surface area contributed by atoms with Gasteiger partial charge in [-0.3, -0.25) is 9.69 Å². The van der Waals surface area contributed by atoms with Crippen LogP contribution in [-0.2, 0) is 11.3 Å². The highest BCUT2D eigenvalue weighted by molar-refractivity contribution is 6.35. The standard InChI is InChI=1S/C23H27Cl2FN2O3/c1-30-22-6-4-16(13-20(22)26)15-28-10-8-18(9-11-28)27-23(29)3-2-12-31-21-7-5-17(24)14-19(21)25/h4-7,13-14,18H,2-3,8-12,15H2,1H3,(H,27,29). The molecule has 0 aromatic heterocycles. The molecule has 1 amide bonds. The molecule has 0 aliphatic carbocycles. The summed E-state index contributed by atoms with van der Waals surface area (Å²) in [5.74, 6) is 0.508. The summed E-state index contributed by atoms with van der Waals surface area (Å²) in [5, 5.41) is 4.12. The van der Waals surface area contributed by atoms with Crippen molar-refractivity contribution in [3.63, 3.8) is 0 Å². The Hall–Kier alpha value is -2.02. The lowest BCUT2D eigenvalue weighted by Crippen LogP contribution is -2.44. The minimum absolute atomic E-state index is 0.0291. The van der Waals surface area contributed by atoms with E-state index in [-0.39, 0.29) is 23.5 Å². The van der Waals surface area contributed by atoms with Crippen LogP contribution in [0.5, 0.6) is 11.5 Å². The number of nitrogens with zero attached hydrogens (tertiary/aromatic N) is 1. The smallest absolute Gasteiger partial charge is 0.220 e. The van der Waals surface area contributed by atoms with Crippen LogP contribution < -0.4 is 14.8 Å². The molecule has 0 radical (unpaired) electrons. The fraction of sp³-hybridized carbons (Fsp3) is 0.435. The van der Waals surface area contributed by atoms with E-state index in [1.807, 2.05) is 6.07 Å². The number of carbonyl (C=O) groups is 1. The molecule has 0 spiro atoms. The van der Waals surface area contributed by atoms with Gasteiger partial charge in [0.2, 0.25) is 5.91 Å². The molecule has 3 rings (SSSR count). The molecule has 2 aromatic carbocycles. The molecule has 1 N–H and O–H groups in total. The van der Waals surface area contributed by atoms with Crippen LogP contribution in [0.3, 0.4) is 0 Å². The molecule has 0 bridgehead atoms. The summed E-state index contributed by atoms with van der Waals surface area (Å²) in [5.41, 5.74) is 0.918. The van der Waals surface area contributed by atoms with Crippen molar-refractivity contribution in [3.05, 3.63) is 57.8 Å². The normalized spacial score (nSPS) is 15.0. The molecule has 8 heteroatoms. The fourth-order valence-corrected chi connectivity index (χ4v) is 4.07. The maximum Gasteiger partial charge on any atom is 0.220 e. The molecule has 1 fully saturated rings. The van der Waals surface area contributed by atoms with Crippen molar-refractivity contribution in [1.29, 1.82) is 0 Å². The third-order valence-electron chi connectivity index (χ3n) is 5.27. The lowest BCUT2D eigenvalue weighted by atomic mass is 10.0. The summed E-state index contributed by atoms with van der Waals surface area (Å²) >= 11 is 11.9. The van der Waals surface area contributed by atoms with E-state index in [0.717, 1.165) is 31.5 Å². The average molecular weight is 469 g/mol. The molecular formula is C23H27Cl2FN2O3. The van der Waals surface area contributed by atoms with E-state index < -0.39 is 0 Å². The summed E-state index contributed by atoms with van der Waals surface area (Å²) in [6.07, 6.45) is 2.76. The first-order valence-corrected chi connectivity index (χ1v) is 11.1. The number of rotatable bonds is 9. The minimum Gasteiger partial charge on any atom is -0.494 e. The lowest BCUT2D eigenvalue weighted by molar-refractivity contribution is -0.122. The number of ether oxygens (including phenoxy) is 2. The van der Waals surface area contributed by atoms with Crippen LogP contribution in [0.15, 0.2) is 36.4 Å². The van der Waals surface area contributed by atoms with Gasteiger partial charge in [0.15, 0.2) is 11.6 Å². The first-order chi connectivity index (χ1) is 14.9. The highest BCUT2D eigenvalue weighted by atomic mass is 35.5. The van der Waals surface area contributed by atoms with E-state index >= 15 is 0 Å². The van der Waals surface area contributed by atoms with E-state index in [0.29, 0.717) is 41.8 Å². The Bertz CT molecular complexity index is 889. The van der Waals surface area contributed by atoms with Crippen LogP contribution >= 0.6 is 23.2 Å². The molecule has 168 valence electrons. The summed E-state index contributed by atoms with van der Waals surface area (Å²) in [4.78, 5) is 14.5. The SMILES string of the molecule is COc1ccc(CN2CCC(NC(=O)CCCOc3ccc(Cl)cc3Cl)CC2)cc1F. The number of carbonyl (C=O) groups excluding carboxylic acids is 1. The highest BCUT2D eigenvalue weighted by Crippen LogP contribution is 2.27. The molecular weight excluding hydrogens is 442 g/mol. The van der Waals surface area contributed by atoms with Gasteiger partial charge in [0.25, 0.3) is 0 Å². The predicted octanol–water partition coefficient (Wildman–Crippen LogP) is 5.08. The number of hydrogen-bond acceptors (Lipinski definition) is 4. The van der Waals surface area contributed by atoms with Gasteiger partial charge in [0, 0.05) is 37.1 Å². The van der Waals surface area contributed by atoms with Crippen molar-refractivity contribution in [1.82, 2.24) is 10.2 Å². The monoisotopic (exact) mass is 468 g/mol. The molecule has 0 atom stereocenters. The molecule has 1 aliphatic heterocycles. The summed E-state index contributed by atoms with van der Waals surface area (Å²) in [7, 11) is 1.46. The van der Waals surface area contributed by atoms with Crippen LogP contribution in [0, 0.1) is 5.82 Å². The molecule has 5 nitrogen and oxygen atoms in total. The third kappa shape index (κ3) is 7.27. The average Bonchev–Trinajstić information content (AvgIpc) is 2.74. The van der Waals surface area contributed by atoms with Crippen LogP contribution in [0.25, 0.3) is 0 Å². The van der Waals surface area contributed by atoms with Crippen molar-refractivity contribution in [2.45, 2.75) is 38.3 Å². The zero-order valence-electron chi connectivity index (χ0n) is 17.5. The number of piperidine rings is 1. The maximum absolute atomic E-state index is 13.9. The Kier molecular flexibility index (Phi) is 8.81. The van der Waals surface area contributed by atoms with Gasteiger partial charge in [-0.25, -0.2) is 4.39 Å². The quantitative estimate of drug-likeness (QED) is 0.521. The molecule has 31 heavy (non-hydrogen) atoms. The highest BCUT2D eigenvalue weighted by Gasteiger charge is 2.21. The van der Waals surface area contributed by atoms with Crippen molar-refractivity contribution in [3.8, 4) is 11.5 Å². The second-order valence-electron chi connectivity index (χ2n) is 7.61. The topological polar surface area (TPSA) is 50.8 Å². The van der Waals surface area contributed by atoms with E-state index in [4.69, 9.17) is 32.7 Å². The summed E-state index contributed by atoms with van der Waals surface area (Å²) in [6, 6.07) is 10.3. The van der Waals surface area contributed by atoms with Crippen molar-refractivity contribution in [2.75, 3.05) is 26.8 Å². The van der Waals surface area contributed by atoms with E-state index in [2.05, 4.69) is 10.2 Å². The molecule has 1 saturated heterocycles. The van der Waals surface area contributed by atoms with Crippen LogP contribution in [0.4, 0.5) is 4.39 Å². The van der Waals surface area contributed by atoms with Crippen molar-refractivity contribution < 1.29 is 18.7 Å². The number of likely N-dealkylation sites (tertiary alicyclic amines) is 1. The Morgan fingerprint density at radius 3 is 2.58 bits per heavy atom. The lowest BCUT2D eigenvalue weighted by Gasteiger charge is -2.32. The number of methoxy groups -OCH3 is 1. The third-order valence-corrected chi connectivity index (χ3v) is 5.81. The minimum atomic E-state index is -0.343. The van der Waals surface area contributed by atoms with Crippen LogP contribution in [-0.4, -0.2) is 43.7 Å². The van der Waals surface area contributed by atoms with Gasteiger partial charge < -0.3 is 14.8 Å². The van der Waals surface area contributed by atoms with Gasteiger partial charge in [-0.2, -0.15) is 0 Å². The zero-order valence-corrected chi connectivity index (χ0v) is 19.0. The Labute approximate surface area is 192 Å². The van der Waals surface area contributed by atoms with E-state index in [1.54, 1.807) is 24.3 Å². The van der Waals surface area contributed by atoms with Gasteiger partial charge in [-0.1, -0.05) is 29.3 Å². The van der Waals surface area contributed by atoms with Crippen LogP contribution in [0.1, 0.15) is 31.2 Å². The number of amides is 1. The molecule has 1 aliphatic rings. The molecule has 0 unspecified atom stereocenters. The predicted molar refractivity (Wildman–Crippen MR) is 121 cm³/mol. The second kappa shape index (κ2) is 11.6. The van der Waals surface area contributed by atoms with Gasteiger partial charge >= 0.3 is 0 Å². The fourth-order valence-electron chi connectivity index (χ4n) is 3.61. The number of hydrogen-bond donors (Lipinski definition) is 1. The number of halogens is 3. The molecule has 0 saturated carbocycles. The maximum atomic E-state index is 13.9. The summed E-state index contributed by atoms with van der Waals surface area (Å²) in [6.45, 7) is 2.81. The Morgan fingerprint density at radius 2 is 1.90 bits per heavy atom. The summed E-state index contributed by atoms with van der Waals surface area (Å²) < 4.78 is 24.4. The Balaban J connectivity index is 1.33. The number of nitrogens with one attached hydrogen (secondary N) is 1. The van der Waals surface area contributed by atoms with Gasteiger partial charge in [0.05, 0.1) is 18.7 Å². The second-order valence-corrected chi connectivity index (χ2v) is 8.46. The van der Waals surface area contributed by atoms with Gasteiger partial charge in [-0.05, 0) is 55.2 Å². The largest absolute Gasteiger partial charge is 0.494 e. The van der Waals surface area contributed by atoms with Crippen LogP contribution in [0.2, 0.25) is 10.0 Å². The first-order valence-electron chi connectivity index (χ1n) is 10.4. The number of benzene rings is 2. The van der Waals surface area contributed by atoms with Gasteiger partial charge in [-0.15, -0.1) is 0 Å². The van der Waals surface area contributed by atoms with E-state index in [9.17, 15) is 9.18 Å².